The van der Waals surface area contributed by atoms with Crippen molar-refractivity contribution in [2.45, 2.75) is 18.6 Å². The molecule has 0 radical (unpaired) electrons. The minimum Gasteiger partial charge on any atom is -0.480 e. The largest absolute Gasteiger partial charge is 0.480 e. The van der Waals surface area contributed by atoms with Crippen LogP contribution in [0, 0.1) is 11.8 Å². The van der Waals surface area contributed by atoms with E-state index in [-0.39, 0.29) is 13.0 Å². The van der Waals surface area contributed by atoms with Crippen LogP contribution >= 0.6 is 0 Å². The number of rotatable bonds is 2. The minimum absolute atomic E-state index is 0.143. The number of aliphatic carboxylic acids is 1. The highest BCUT2D eigenvalue weighted by molar-refractivity contribution is 5.97. The van der Waals surface area contributed by atoms with E-state index in [1.54, 1.807) is 0 Å². The Balaban J connectivity index is 2.33. The second-order valence-corrected chi connectivity index (χ2v) is 4.16. The zero-order chi connectivity index (χ0) is 14.2. The number of hydrogen-bond donors (Lipinski definition) is 2. The lowest BCUT2D eigenvalue weighted by atomic mass is 10.2. The van der Waals surface area contributed by atoms with Crippen molar-refractivity contribution in [3.05, 3.63) is 29.6 Å². The van der Waals surface area contributed by atoms with Crippen LogP contribution < -0.4 is 0 Å². The highest BCUT2D eigenvalue weighted by atomic mass is 19.2. The summed E-state index contributed by atoms with van der Waals surface area (Å²) in [6.07, 6.45) is -0.232. The standard InChI is InChI=1S/C11H10F2N2O4/c12-8-6(1-2-14-9(8)13)10(17)15-4-5(16)3-7(15)11(18)19/h1-2,5,7,16H,3-4H2,(H,18,19)/t5-,7+/m1/s1. The Bertz CT molecular complexity index is 537. The summed E-state index contributed by atoms with van der Waals surface area (Å²) in [5, 5.41) is 18.3. The number of aliphatic hydroxyl groups is 1. The summed E-state index contributed by atoms with van der Waals surface area (Å²) in [6, 6.07) is -0.289. The van der Waals surface area contributed by atoms with Gasteiger partial charge in [0.1, 0.15) is 6.04 Å². The Morgan fingerprint density at radius 3 is 2.74 bits per heavy atom. The van der Waals surface area contributed by atoms with E-state index in [0.717, 1.165) is 17.2 Å². The first-order valence-electron chi connectivity index (χ1n) is 5.43. The lowest BCUT2D eigenvalue weighted by molar-refractivity contribution is -0.141. The number of amides is 1. The maximum Gasteiger partial charge on any atom is 0.326 e. The SMILES string of the molecule is O=C(O)[C@@H]1C[C@@H](O)CN1C(=O)c1ccnc(F)c1F. The third kappa shape index (κ3) is 2.39. The second kappa shape index (κ2) is 4.88. The van der Waals surface area contributed by atoms with Gasteiger partial charge in [0.15, 0.2) is 5.82 Å². The van der Waals surface area contributed by atoms with Crippen LogP contribution in [0.5, 0.6) is 0 Å². The highest BCUT2D eigenvalue weighted by Gasteiger charge is 2.40. The topological polar surface area (TPSA) is 90.7 Å². The van der Waals surface area contributed by atoms with Crippen LogP contribution in [0.1, 0.15) is 16.8 Å². The van der Waals surface area contributed by atoms with E-state index in [2.05, 4.69) is 4.98 Å². The maximum atomic E-state index is 13.4. The third-order valence-electron chi connectivity index (χ3n) is 2.90. The van der Waals surface area contributed by atoms with Gasteiger partial charge in [0.25, 0.3) is 5.91 Å². The molecule has 0 unspecified atom stereocenters. The number of nitrogens with zero attached hydrogens (tertiary/aromatic N) is 2. The Labute approximate surface area is 106 Å². The first-order valence-corrected chi connectivity index (χ1v) is 5.43. The molecule has 1 aliphatic rings. The fraction of sp³-hybridized carbons (Fsp3) is 0.364. The molecule has 2 N–H and O–H groups in total. The van der Waals surface area contributed by atoms with Gasteiger partial charge in [-0.25, -0.2) is 14.2 Å². The number of carboxylic acids is 1. The number of aliphatic hydroxyl groups excluding tert-OH is 1. The summed E-state index contributed by atoms with van der Waals surface area (Å²) in [4.78, 5) is 26.8. The van der Waals surface area contributed by atoms with Crippen molar-refractivity contribution < 1.29 is 28.6 Å². The van der Waals surface area contributed by atoms with Crippen molar-refractivity contribution in [2.75, 3.05) is 6.54 Å². The molecule has 0 aliphatic carbocycles. The molecule has 2 atom stereocenters. The van der Waals surface area contributed by atoms with Crippen molar-refractivity contribution in [3.8, 4) is 0 Å². The van der Waals surface area contributed by atoms with Gasteiger partial charge in [-0.1, -0.05) is 0 Å². The van der Waals surface area contributed by atoms with Crippen molar-refractivity contribution in [3.63, 3.8) is 0 Å². The lowest BCUT2D eigenvalue weighted by Gasteiger charge is -2.21. The normalized spacial score (nSPS) is 22.6. The molecule has 1 fully saturated rings. The van der Waals surface area contributed by atoms with Crippen LogP contribution in [0.15, 0.2) is 12.3 Å². The predicted octanol–water partition coefficient (Wildman–Crippen LogP) is 0.0198. The summed E-state index contributed by atoms with van der Waals surface area (Å²) in [6.45, 7) is -0.237. The number of aromatic nitrogens is 1. The number of likely N-dealkylation sites (tertiary alicyclic amines) is 1. The van der Waals surface area contributed by atoms with Crippen molar-refractivity contribution >= 4 is 11.9 Å². The Kier molecular flexibility index (Phi) is 3.43. The van der Waals surface area contributed by atoms with Gasteiger partial charge < -0.3 is 15.1 Å². The summed E-state index contributed by atoms with van der Waals surface area (Å²) < 4.78 is 26.4. The van der Waals surface area contributed by atoms with E-state index in [9.17, 15) is 23.5 Å². The molecule has 2 rings (SSSR count). The summed E-state index contributed by atoms with van der Waals surface area (Å²) in [5.74, 6) is -5.15. The van der Waals surface area contributed by atoms with E-state index >= 15 is 0 Å². The van der Waals surface area contributed by atoms with Gasteiger partial charge in [-0.3, -0.25) is 4.79 Å². The monoisotopic (exact) mass is 272 g/mol. The van der Waals surface area contributed by atoms with Crippen LogP contribution in [0.3, 0.4) is 0 Å². The van der Waals surface area contributed by atoms with Crippen LogP contribution in [-0.4, -0.2) is 50.7 Å². The molecule has 6 nitrogen and oxygen atoms in total. The van der Waals surface area contributed by atoms with Crippen LogP contribution in [0.4, 0.5) is 8.78 Å². The number of carbonyl (C=O) groups is 2. The molecule has 0 saturated carbocycles. The quantitative estimate of drug-likeness (QED) is 0.741. The number of halogens is 2. The fourth-order valence-corrected chi connectivity index (χ4v) is 2.01. The van der Waals surface area contributed by atoms with Crippen LogP contribution in [-0.2, 0) is 4.79 Å². The molecule has 1 aliphatic heterocycles. The predicted molar refractivity (Wildman–Crippen MR) is 57.2 cm³/mol. The van der Waals surface area contributed by atoms with Gasteiger partial charge in [0, 0.05) is 19.2 Å². The van der Waals surface area contributed by atoms with Gasteiger partial charge in [0.2, 0.25) is 5.95 Å². The van der Waals surface area contributed by atoms with Crippen LogP contribution in [0.2, 0.25) is 0 Å². The molecule has 0 bridgehead atoms. The molecule has 2 heterocycles. The van der Waals surface area contributed by atoms with Crippen molar-refractivity contribution in [1.29, 1.82) is 0 Å². The van der Waals surface area contributed by atoms with Crippen molar-refractivity contribution in [2.24, 2.45) is 0 Å². The zero-order valence-corrected chi connectivity index (χ0v) is 9.58. The number of β-amino-alcohol motifs (C(OH)–C–C–N with tert-alkyl or cyclic N) is 1. The van der Waals surface area contributed by atoms with Crippen LogP contribution in [0.25, 0.3) is 0 Å². The molecule has 8 heteroatoms. The summed E-state index contributed by atoms with van der Waals surface area (Å²) >= 11 is 0. The number of carbonyl (C=O) groups excluding carboxylic acids is 1. The molecule has 0 aromatic carbocycles. The lowest BCUT2D eigenvalue weighted by Crippen LogP contribution is -2.41. The van der Waals surface area contributed by atoms with Gasteiger partial charge in [-0.05, 0) is 6.07 Å². The summed E-state index contributed by atoms with van der Waals surface area (Å²) in [7, 11) is 0. The number of pyridine rings is 1. The highest BCUT2D eigenvalue weighted by Crippen LogP contribution is 2.22. The van der Waals surface area contributed by atoms with E-state index < -0.39 is 41.4 Å². The molecule has 1 aromatic heterocycles. The van der Waals surface area contributed by atoms with Gasteiger partial charge in [-0.15, -0.1) is 0 Å². The molecular formula is C11H10F2N2O4. The van der Waals surface area contributed by atoms with Crippen molar-refractivity contribution in [1.82, 2.24) is 9.88 Å². The van der Waals surface area contributed by atoms with E-state index in [1.165, 1.54) is 0 Å². The first kappa shape index (κ1) is 13.3. The Hall–Kier alpha value is -2.09. The molecule has 1 aromatic rings. The first-order chi connectivity index (χ1) is 8.91. The smallest absolute Gasteiger partial charge is 0.326 e. The molecular weight excluding hydrogens is 262 g/mol. The molecule has 0 spiro atoms. The number of hydrogen-bond acceptors (Lipinski definition) is 4. The minimum atomic E-state index is -1.43. The van der Waals surface area contributed by atoms with Gasteiger partial charge >= 0.3 is 5.97 Å². The molecule has 19 heavy (non-hydrogen) atoms. The third-order valence-corrected chi connectivity index (χ3v) is 2.90. The Morgan fingerprint density at radius 1 is 1.42 bits per heavy atom. The fourth-order valence-electron chi connectivity index (χ4n) is 2.01. The van der Waals surface area contributed by atoms with E-state index in [0.29, 0.717) is 0 Å². The van der Waals surface area contributed by atoms with Gasteiger partial charge in [0.05, 0.1) is 11.7 Å². The number of carboxylic acid groups (broad SMARTS) is 1. The second-order valence-electron chi connectivity index (χ2n) is 4.16. The van der Waals surface area contributed by atoms with E-state index in [1.807, 2.05) is 0 Å². The Morgan fingerprint density at radius 2 is 2.11 bits per heavy atom. The molecule has 1 saturated heterocycles. The average Bonchev–Trinajstić information content (AvgIpc) is 2.74. The average molecular weight is 272 g/mol. The zero-order valence-electron chi connectivity index (χ0n) is 9.58. The molecule has 1 amide bonds. The van der Waals surface area contributed by atoms with Gasteiger partial charge in [-0.2, -0.15) is 4.39 Å². The van der Waals surface area contributed by atoms with E-state index in [4.69, 9.17) is 5.11 Å². The summed E-state index contributed by atoms with van der Waals surface area (Å²) in [5.41, 5.74) is -0.604. The maximum absolute atomic E-state index is 13.4. The molecule has 102 valence electrons.